The van der Waals surface area contributed by atoms with E-state index >= 15 is 0 Å². The summed E-state index contributed by atoms with van der Waals surface area (Å²) in [5, 5.41) is 11.9. The highest BCUT2D eigenvalue weighted by Crippen LogP contribution is 2.38. The molecule has 33 heavy (non-hydrogen) atoms. The van der Waals surface area contributed by atoms with E-state index in [0.717, 1.165) is 28.4 Å². The van der Waals surface area contributed by atoms with Crippen molar-refractivity contribution in [2.75, 3.05) is 18.9 Å². The monoisotopic (exact) mass is 482 g/mol. The van der Waals surface area contributed by atoms with E-state index in [9.17, 15) is 0 Å². The van der Waals surface area contributed by atoms with Crippen molar-refractivity contribution in [3.05, 3.63) is 58.9 Å². The molecular weight excluding hydrogens is 456 g/mol. The average Bonchev–Trinajstić information content (AvgIpc) is 3.44. The van der Waals surface area contributed by atoms with Crippen LogP contribution < -0.4 is 14.2 Å². The van der Waals surface area contributed by atoms with Gasteiger partial charge < -0.3 is 9.47 Å². The van der Waals surface area contributed by atoms with E-state index in [1.165, 1.54) is 11.3 Å². The van der Waals surface area contributed by atoms with Crippen molar-refractivity contribution in [3.63, 3.8) is 0 Å². The molecule has 0 aliphatic carbocycles. The first kappa shape index (κ1) is 23.1. The molecule has 10 heteroatoms. The van der Waals surface area contributed by atoms with Crippen molar-refractivity contribution in [2.45, 2.75) is 32.4 Å². The number of aryl methyl sites for hydroxylation is 2. The summed E-state index contributed by atoms with van der Waals surface area (Å²) < 4.78 is 16.6. The largest absolute Gasteiger partial charge is 0.494 e. The first-order chi connectivity index (χ1) is 16.0. The molecule has 0 saturated heterocycles. The molecule has 0 spiro atoms. The van der Waals surface area contributed by atoms with Crippen molar-refractivity contribution in [3.8, 4) is 28.0 Å². The lowest BCUT2D eigenvalue weighted by Crippen LogP contribution is -2.10. The fourth-order valence-electron chi connectivity index (χ4n) is 3.32. The molecule has 8 nitrogen and oxygen atoms in total. The van der Waals surface area contributed by atoms with Gasteiger partial charge in [-0.2, -0.15) is 0 Å². The number of aromatic nitrogens is 5. The second-order valence-electron chi connectivity index (χ2n) is 7.55. The van der Waals surface area contributed by atoms with Gasteiger partial charge in [0.15, 0.2) is 10.8 Å². The van der Waals surface area contributed by atoms with E-state index < -0.39 is 0 Å². The summed E-state index contributed by atoms with van der Waals surface area (Å²) in [4.78, 5) is 9.14. The molecule has 0 aliphatic rings. The molecule has 4 rings (SSSR count). The molecule has 0 saturated carbocycles. The van der Waals surface area contributed by atoms with Crippen molar-refractivity contribution in [2.24, 2.45) is 0 Å². The molecule has 3 aromatic heterocycles. The van der Waals surface area contributed by atoms with Gasteiger partial charge in [0.05, 0.1) is 14.2 Å². The number of benzene rings is 1. The summed E-state index contributed by atoms with van der Waals surface area (Å²) in [5.41, 5.74) is 3.85. The standard InChI is InChI=1S/C23H26N6O2S2/c1-14-9-10-17(24-12-14)11-16(3)33-28-23-27-26-21(22-25-15(2)13-32-22)29(23)20-18(30-4)7-6-8-19(20)31-5/h6-10,12-13,16H,11H2,1-5H3,(H,27,28). The van der Waals surface area contributed by atoms with Crippen LogP contribution in [0.25, 0.3) is 16.5 Å². The van der Waals surface area contributed by atoms with Gasteiger partial charge in [-0.25, -0.2) is 4.98 Å². The van der Waals surface area contributed by atoms with Gasteiger partial charge in [-0.05, 0) is 49.6 Å². The van der Waals surface area contributed by atoms with Crippen molar-refractivity contribution < 1.29 is 9.47 Å². The zero-order valence-electron chi connectivity index (χ0n) is 19.2. The number of ether oxygens (including phenoxy) is 2. The third-order valence-corrected chi connectivity index (χ3v) is 6.74. The van der Waals surface area contributed by atoms with Crippen LogP contribution in [-0.4, -0.2) is 44.2 Å². The predicted octanol–water partition coefficient (Wildman–Crippen LogP) is 5.11. The van der Waals surface area contributed by atoms with Crippen LogP contribution in [0.15, 0.2) is 41.9 Å². The molecule has 0 aliphatic heterocycles. The lowest BCUT2D eigenvalue weighted by atomic mass is 10.2. The lowest BCUT2D eigenvalue weighted by molar-refractivity contribution is 0.391. The van der Waals surface area contributed by atoms with E-state index in [0.29, 0.717) is 29.0 Å². The number of anilines is 1. The molecule has 4 aromatic rings. The highest BCUT2D eigenvalue weighted by molar-refractivity contribution is 8.01. The van der Waals surface area contributed by atoms with E-state index in [1.54, 1.807) is 26.2 Å². The van der Waals surface area contributed by atoms with E-state index in [4.69, 9.17) is 9.47 Å². The molecule has 1 unspecified atom stereocenters. The smallest absolute Gasteiger partial charge is 0.239 e. The number of hydrogen-bond acceptors (Lipinski definition) is 9. The second-order valence-corrected chi connectivity index (χ2v) is 9.65. The molecule has 1 atom stereocenters. The number of nitrogens with one attached hydrogen (secondary N) is 1. The molecule has 0 amide bonds. The Morgan fingerprint density at radius 3 is 2.45 bits per heavy atom. The van der Waals surface area contributed by atoms with Crippen LogP contribution in [0.3, 0.4) is 0 Å². The summed E-state index contributed by atoms with van der Waals surface area (Å²) in [6, 6.07) is 9.81. The van der Waals surface area contributed by atoms with Crippen LogP contribution in [0.4, 0.5) is 5.95 Å². The van der Waals surface area contributed by atoms with E-state index in [1.807, 2.05) is 48.2 Å². The minimum Gasteiger partial charge on any atom is -0.494 e. The first-order valence-corrected chi connectivity index (χ1v) is 12.2. The maximum Gasteiger partial charge on any atom is 0.239 e. The molecule has 172 valence electrons. The number of hydrogen-bond donors (Lipinski definition) is 1. The maximum atomic E-state index is 5.66. The van der Waals surface area contributed by atoms with Gasteiger partial charge >= 0.3 is 0 Å². The third-order valence-electron chi connectivity index (χ3n) is 4.92. The van der Waals surface area contributed by atoms with Gasteiger partial charge in [0.25, 0.3) is 0 Å². The summed E-state index contributed by atoms with van der Waals surface area (Å²) in [5.74, 6) is 2.48. The van der Waals surface area contributed by atoms with Gasteiger partial charge in [-0.3, -0.25) is 14.3 Å². The predicted molar refractivity (Wildman–Crippen MR) is 134 cm³/mol. The molecule has 0 radical (unpaired) electrons. The van der Waals surface area contributed by atoms with Crippen molar-refractivity contribution in [1.29, 1.82) is 0 Å². The quantitative estimate of drug-likeness (QED) is 0.329. The summed E-state index contributed by atoms with van der Waals surface area (Å²) >= 11 is 3.09. The van der Waals surface area contributed by atoms with Crippen LogP contribution in [-0.2, 0) is 6.42 Å². The SMILES string of the molecule is COc1cccc(OC)c1-n1c(NSC(C)Cc2ccc(C)cn2)nnc1-c1nc(C)cs1. The fourth-order valence-corrected chi connectivity index (χ4v) is 4.78. The van der Waals surface area contributed by atoms with Gasteiger partial charge in [-0.15, -0.1) is 21.5 Å². The van der Waals surface area contributed by atoms with Crippen LogP contribution in [0, 0.1) is 13.8 Å². The second kappa shape index (κ2) is 10.2. The Hall–Kier alpha value is -3.11. The Morgan fingerprint density at radius 2 is 1.85 bits per heavy atom. The minimum atomic E-state index is 0.246. The average molecular weight is 483 g/mol. The van der Waals surface area contributed by atoms with Crippen LogP contribution in [0.2, 0.25) is 0 Å². The number of pyridine rings is 1. The molecule has 1 aromatic carbocycles. The summed E-state index contributed by atoms with van der Waals surface area (Å²) in [7, 11) is 3.27. The third kappa shape index (κ3) is 5.12. The van der Waals surface area contributed by atoms with Crippen LogP contribution in [0.5, 0.6) is 11.5 Å². The van der Waals surface area contributed by atoms with Gasteiger partial charge in [-0.1, -0.05) is 19.1 Å². The van der Waals surface area contributed by atoms with Gasteiger partial charge in [0.2, 0.25) is 5.95 Å². The topological polar surface area (TPSA) is 87.0 Å². The normalized spacial score (nSPS) is 11.9. The Morgan fingerprint density at radius 1 is 1.09 bits per heavy atom. The first-order valence-electron chi connectivity index (χ1n) is 10.4. The zero-order chi connectivity index (χ0) is 23.4. The van der Waals surface area contributed by atoms with Crippen molar-refractivity contribution >= 4 is 29.2 Å². The summed E-state index contributed by atoms with van der Waals surface area (Å²) in [6.07, 6.45) is 2.72. The zero-order valence-corrected chi connectivity index (χ0v) is 20.8. The Bertz CT molecular complexity index is 1200. The Kier molecular flexibility index (Phi) is 7.14. The van der Waals surface area contributed by atoms with Gasteiger partial charge in [0, 0.05) is 34.6 Å². The molecule has 3 heterocycles. The summed E-state index contributed by atoms with van der Waals surface area (Å²) in [6.45, 7) is 6.14. The molecule has 0 fully saturated rings. The Labute approximate surface area is 201 Å². The fraction of sp³-hybridized carbons (Fsp3) is 0.304. The Balaban J connectivity index is 1.68. The van der Waals surface area contributed by atoms with Gasteiger partial charge in [0.1, 0.15) is 17.2 Å². The maximum absolute atomic E-state index is 5.66. The number of methoxy groups -OCH3 is 2. The van der Waals surface area contributed by atoms with E-state index in [-0.39, 0.29) is 5.25 Å². The lowest BCUT2D eigenvalue weighted by Gasteiger charge is -2.18. The highest BCUT2D eigenvalue weighted by atomic mass is 32.2. The number of nitrogens with zero attached hydrogens (tertiary/aromatic N) is 5. The van der Waals surface area contributed by atoms with Crippen LogP contribution in [0.1, 0.15) is 23.9 Å². The highest BCUT2D eigenvalue weighted by Gasteiger charge is 2.24. The molecular formula is C23H26N6O2S2. The molecule has 1 N–H and O–H groups in total. The van der Waals surface area contributed by atoms with Crippen molar-refractivity contribution in [1.82, 2.24) is 24.7 Å². The minimum absolute atomic E-state index is 0.246. The number of para-hydroxylation sites is 1. The number of rotatable bonds is 9. The molecule has 0 bridgehead atoms. The van der Waals surface area contributed by atoms with Crippen LogP contribution >= 0.6 is 23.3 Å². The van der Waals surface area contributed by atoms with E-state index in [2.05, 4.69) is 43.9 Å². The number of thiazole rings is 1.